The van der Waals surface area contributed by atoms with Crippen LogP contribution in [0.25, 0.3) is 10.9 Å². The van der Waals surface area contributed by atoms with Crippen LogP contribution in [0, 0.1) is 13.8 Å². The number of hydrogen-bond donors (Lipinski definition) is 1. The molecule has 0 aliphatic carbocycles. The summed E-state index contributed by atoms with van der Waals surface area (Å²) in [5.74, 6) is -0.0246. The molecule has 0 spiro atoms. The van der Waals surface area contributed by atoms with Crippen LogP contribution in [0.3, 0.4) is 0 Å². The highest BCUT2D eigenvalue weighted by atomic mass is 16.1. The number of fused-ring (bicyclic) bond motifs is 1. The van der Waals surface area contributed by atoms with Crippen LogP contribution in [0.4, 0.5) is 0 Å². The third-order valence-corrected chi connectivity index (χ3v) is 4.34. The first-order chi connectivity index (χ1) is 11.5. The third kappa shape index (κ3) is 3.46. The second kappa shape index (κ2) is 6.83. The first-order valence-corrected chi connectivity index (χ1v) is 8.22. The van der Waals surface area contributed by atoms with Crippen molar-refractivity contribution in [1.29, 1.82) is 0 Å². The van der Waals surface area contributed by atoms with Gasteiger partial charge < -0.3 is 5.32 Å². The number of rotatable bonds is 4. The summed E-state index contributed by atoms with van der Waals surface area (Å²) in [5, 5.41) is 4.22. The maximum Gasteiger partial charge on any atom is 0.217 e. The van der Waals surface area contributed by atoms with E-state index in [0.29, 0.717) is 6.42 Å². The SMILES string of the molecule is CC(=O)N[C@H](Cc1ccc2ccccc2n1)c1c(C)cccc1C. The highest BCUT2D eigenvalue weighted by Crippen LogP contribution is 2.25. The molecule has 122 valence electrons. The molecule has 2 aromatic carbocycles. The summed E-state index contributed by atoms with van der Waals surface area (Å²) in [6, 6.07) is 18.4. The van der Waals surface area contributed by atoms with Crippen molar-refractivity contribution in [3.63, 3.8) is 0 Å². The second-order valence-corrected chi connectivity index (χ2v) is 6.26. The molecule has 1 heterocycles. The van der Waals surface area contributed by atoms with Gasteiger partial charge in [0.05, 0.1) is 11.6 Å². The largest absolute Gasteiger partial charge is 0.349 e. The summed E-state index contributed by atoms with van der Waals surface area (Å²) in [6.45, 7) is 5.74. The highest BCUT2D eigenvalue weighted by molar-refractivity contribution is 5.78. The number of nitrogens with one attached hydrogen (secondary N) is 1. The lowest BCUT2D eigenvalue weighted by Gasteiger charge is -2.22. The first-order valence-electron chi connectivity index (χ1n) is 8.22. The zero-order valence-electron chi connectivity index (χ0n) is 14.3. The van der Waals surface area contributed by atoms with Gasteiger partial charge in [-0.05, 0) is 42.7 Å². The molecule has 3 aromatic rings. The topological polar surface area (TPSA) is 42.0 Å². The first kappa shape index (κ1) is 16.2. The number of aromatic nitrogens is 1. The van der Waals surface area contributed by atoms with E-state index in [1.165, 1.54) is 16.7 Å². The van der Waals surface area contributed by atoms with Gasteiger partial charge in [0.15, 0.2) is 0 Å². The third-order valence-electron chi connectivity index (χ3n) is 4.34. The van der Waals surface area contributed by atoms with E-state index in [0.717, 1.165) is 16.6 Å². The van der Waals surface area contributed by atoms with Crippen molar-refractivity contribution in [2.45, 2.75) is 33.2 Å². The fraction of sp³-hybridized carbons (Fsp3) is 0.238. The molecule has 1 atom stereocenters. The van der Waals surface area contributed by atoms with E-state index >= 15 is 0 Å². The van der Waals surface area contributed by atoms with E-state index in [2.05, 4.69) is 43.4 Å². The van der Waals surface area contributed by atoms with E-state index < -0.39 is 0 Å². The molecule has 0 aliphatic heterocycles. The van der Waals surface area contributed by atoms with Gasteiger partial charge in [0.25, 0.3) is 0 Å². The molecule has 0 unspecified atom stereocenters. The number of aryl methyl sites for hydroxylation is 2. The number of para-hydroxylation sites is 1. The summed E-state index contributed by atoms with van der Waals surface area (Å²) >= 11 is 0. The fourth-order valence-corrected chi connectivity index (χ4v) is 3.28. The van der Waals surface area contributed by atoms with Gasteiger partial charge in [-0.15, -0.1) is 0 Å². The minimum atomic E-state index is -0.0719. The number of nitrogens with zero attached hydrogens (tertiary/aromatic N) is 1. The monoisotopic (exact) mass is 318 g/mol. The number of pyridine rings is 1. The van der Waals surface area contributed by atoms with E-state index in [1.54, 1.807) is 6.92 Å². The average Bonchev–Trinajstić information content (AvgIpc) is 2.54. The van der Waals surface area contributed by atoms with Crippen LogP contribution in [-0.4, -0.2) is 10.9 Å². The number of amides is 1. The molecule has 1 N–H and O–H groups in total. The zero-order chi connectivity index (χ0) is 17.1. The maximum absolute atomic E-state index is 11.7. The Balaban J connectivity index is 1.98. The summed E-state index contributed by atoms with van der Waals surface area (Å²) in [6.07, 6.45) is 0.677. The lowest BCUT2D eigenvalue weighted by Crippen LogP contribution is -2.29. The molecule has 3 nitrogen and oxygen atoms in total. The van der Waals surface area contributed by atoms with Crippen molar-refractivity contribution in [2.75, 3.05) is 0 Å². The van der Waals surface area contributed by atoms with Crippen LogP contribution < -0.4 is 5.32 Å². The minimum Gasteiger partial charge on any atom is -0.349 e. The minimum absolute atomic E-state index is 0.0246. The molecule has 1 amide bonds. The Kier molecular flexibility index (Phi) is 4.61. The van der Waals surface area contributed by atoms with Crippen LogP contribution in [-0.2, 0) is 11.2 Å². The lowest BCUT2D eigenvalue weighted by atomic mass is 9.93. The number of carbonyl (C=O) groups excluding carboxylic acids is 1. The summed E-state index contributed by atoms with van der Waals surface area (Å²) in [7, 11) is 0. The van der Waals surface area contributed by atoms with Gasteiger partial charge in [-0.2, -0.15) is 0 Å². The average molecular weight is 318 g/mol. The Morgan fingerprint density at radius 3 is 2.42 bits per heavy atom. The van der Waals surface area contributed by atoms with Crippen molar-refractivity contribution in [3.8, 4) is 0 Å². The second-order valence-electron chi connectivity index (χ2n) is 6.26. The fourth-order valence-electron chi connectivity index (χ4n) is 3.28. The lowest BCUT2D eigenvalue weighted by molar-refractivity contribution is -0.119. The Morgan fingerprint density at radius 2 is 1.71 bits per heavy atom. The zero-order valence-corrected chi connectivity index (χ0v) is 14.3. The number of benzene rings is 2. The van der Waals surface area contributed by atoms with Crippen molar-refractivity contribution < 1.29 is 4.79 Å². The van der Waals surface area contributed by atoms with Crippen LogP contribution in [0.5, 0.6) is 0 Å². The molecule has 0 fully saturated rings. The smallest absolute Gasteiger partial charge is 0.217 e. The summed E-state index contributed by atoms with van der Waals surface area (Å²) in [5.41, 5.74) is 5.53. The molecule has 0 radical (unpaired) electrons. The summed E-state index contributed by atoms with van der Waals surface area (Å²) in [4.78, 5) is 16.5. The van der Waals surface area contributed by atoms with Gasteiger partial charge in [-0.3, -0.25) is 9.78 Å². The highest BCUT2D eigenvalue weighted by Gasteiger charge is 2.18. The van der Waals surface area contributed by atoms with Gasteiger partial charge in [-0.1, -0.05) is 42.5 Å². The predicted molar refractivity (Wildman–Crippen MR) is 97.9 cm³/mol. The van der Waals surface area contributed by atoms with Crippen LogP contribution in [0.1, 0.15) is 35.3 Å². The van der Waals surface area contributed by atoms with Crippen molar-refractivity contribution in [1.82, 2.24) is 10.3 Å². The molecular formula is C21H22N2O. The molecule has 1 aromatic heterocycles. The van der Waals surface area contributed by atoms with Gasteiger partial charge >= 0.3 is 0 Å². The van der Waals surface area contributed by atoms with Gasteiger partial charge in [-0.25, -0.2) is 0 Å². The molecule has 0 saturated carbocycles. The van der Waals surface area contributed by atoms with Crippen molar-refractivity contribution >= 4 is 16.8 Å². The quantitative estimate of drug-likeness (QED) is 0.780. The van der Waals surface area contributed by atoms with E-state index in [4.69, 9.17) is 4.98 Å². The Bertz CT molecular complexity index is 866. The molecule has 24 heavy (non-hydrogen) atoms. The molecular weight excluding hydrogens is 296 g/mol. The Labute approximate surface area is 142 Å². The van der Waals surface area contributed by atoms with Gasteiger partial charge in [0, 0.05) is 24.4 Å². The molecule has 3 rings (SSSR count). The van der Waals surface area contributed by atoms with Crippen LogP contribution >= 0.6 is 0 Å². The number of hydrogen-bond acceptors (Lipinski definition) is 2. The standard InChI is InChI=1S/C21H22N2O/c1-14-7-6-8-15(2)21(14)20(22-16(3)24)13-18-12-11-17-9-4-5-10-19(17)23-18/h4-12,20H,13H2,1-3H3,(H,22,24)/t20-/m1/s1. The molecule has 0 saturated heterocycles. The van der Waals surface area contributed by atoms with Crippen molar-refractivity contribution in [3.05, 3.63) is 77.0 Å². The normalized spacial score (nSPS) is 12.1. The van der Waals surface area contributed by atoms with E-state index in [9.17, 15) is 4.79 Å². The molecule has 0 bridgehead atoms. The van der Waals surface area contributed by atoms with Crippen LogP contribution in [0.15, 0.2) is 54.6 Å². The molecule has 0 aliphatic rings. The van der Waals surface area contributed by atoms with Gasteiger partial charge in [0.2, 0.25) is 5.91 Å². The predicted octanol–water partition coefficient (Wildman–Crippen LogP) is 4.27. The van der Waals surface area contributed by atoms with E-state index in [-0.39, 0.29) is 11.9 Å². The Hall–Kier alpha value is -2.68. The van der Waals surface area contributed by atoms with Crippen molar-refractivity contribution in [2.24, 2.45) is 0 Å². The molecule has 3 heteroatoms. The van der Waals surface area contributed by atoms with Crippen LogP contribution in [0.2, 0.25) is 0 Å². The van der Waals surface area contributed by atoms with E-state index in [1.807, 2.05) is 30.3 Å². The maximum atomic E-state index is 11.7. The summed E-state index contributed by atoms with van der Waals surface area (Å²) < 4.78 is 0. The number of carbonyl (C=O) groups is 1. The van der Waals surface area contributed by atoms with Gasteiger partial charge in [0.1, 0.15) is 0 Å². The Morgan fingerprint density at radius 1 is 1.00 bits per heavy atom.